The number of aromatic nitrogens is 1. The van der Waals surface area contributed by atoms with Crippen LogP contribution < -0.4 is 0 Å². The van der Waals surface area contributed by atoms with Crippen molar-refractivity contribution >= 4 is 17.6 Å². The predicted molar refractivity (Wildman–Crippen MR) is 51.8 cm³/mol. The maximum atomic E-state index is 12.5. The molecule has 0 spiro atoms. The summed E-state index contributed by atoms with van der Waals surface area (Å²) in [4.78, 5) is 13.9. The van der Waals surface area contributed by atoms with Crippen molar-refractivity contribution in [2.75, 3.05) is 0 Å². The van der Waals surface area contributed by atoms with Crippen molar-refractivity contribution in [2.24, 2.45) is 0 Å². The third-order valence-electron chi connectivity index (χ3n) is 1.87. The van der Waals surface area contributed by atoms with Crippen LogP contribution in [0, 0.1) is 0 Å². The zero-order valence-electron chi connectivity index (χ0n) is 7.95. The lowest BCUT2D eigenvalue weighted by molar-refractivity contribution is -0.136. The van der Waals surface area contributed by atoms with Gasteiger partial charge in [-0.15, -0.1) is 11.6 Å². The van der Waals surface area contributed by atoms with E-state index in [0.29, 0.717) is 0 Å². The Kier molecular flexibility index (Phi) is 4.00. The average molecular weight is 252 g/mol. The predicted octanol–water partition coefficient (Wildman–Crippen LogP) is 2.09. The van der Waals surface area contributed by atoms with E-state index in [1.807, 2.05) is 0 Å². The Morgan fingerprint density at radius 1 is 1.56 bits per heavy atom. The zero-order valence-corrected chi connectivity index (χ0v) is 8.71. The molecule has 0 bridgehead atoms. The third-order valence-corrected chi connectivity index (χ3v) is 2.12. The maximum absolute atomic E-state index is 12.5. The van der Waals surface area contributed by atoms with Crippen LogP contribution in [0.15, 0.2) is 6.07 Å². The van der Waals surface area contributed by atoms with Crippen LogP contribution in [0.5, 0.6) is 5.75 Å². The second-order valence-electron chi connectivity index (χ2n) is 3.00. The fourth-order valence-electron chi connectivity index (χ4n) is 1.19. The number of alkyl halides is 3. The molecule has 1 heterocycles. The minimum absolute atomic E-state index is 0.0916. The highest BCUT2D eigenvalue weighted by Crippen LogP contribution is 2.27. The molecule has 0 atom stereocenters. The SMILES string of the molecule is O=C(O)Cc1cc(O)c(CCl)nc1C(F)F. The molecule has 2 N–H and O–H groups in total. The van der Waals surface area contributed by atoms with Crippen LogP contribution in [0.3, 0.4) is 0 Å². The number of aliphatic carboxylic acids is 1. The van der Waals surface area contributed by atoms with Crippen LogP contribution >= 0.6 is 11.6 Å². The van der Waals surface area contributed by atoms with E-state index in [2.05, 4.69) is 4.98 Å². The number of aromatic hydroxyl groups is 1. The van der Waals surface area contributed by atoms with Crippen molar-refractivity contribution in [1.29, 1.82) is 0 Å². The minimum Gasteiger partial charge on any atom is -0.506 e. The molecule has 0 amide bonds. The fraction of sp³-hybridized carbons (Fsp3) is 0.333. The summed E-state index contributed by atoms with van der Waals surface area (Å²) < 4.78 is 25.1. The lowest BCUT2D eigenvalue weighted by Gasteiger charge is -2.09. The van der Waals surface area contributed by atoms with Gasteiger partial charge in [0, 0.05) is 0 Å². The number of hydrogen-bond donors (Lipinski definition) is 2. The summed E-state index contributed by atoms with van der Waals surface area (Å²) in [5.74, 6) is -1.88. The average Bonchev–Trinajstić information content (AvgIpc) is 2.16. The minimum atomic E-state index is -2.91. The number of pyridine rings is 1. The standard InChI is InChI=1S/C9H8ClF2NO3/c10-3-5-6(14)1-4(2-7(15)16)8(13-5)9(11)12/h1,9,14H,2-3H2,(H,15,16). The van der Waals surface area contributed by atoms with Gasteiger partial charge in [-0.25, -0.2) is 13.8 Å². The number of carboxylic acids is 1. The lowest BCUT2D eigenvalue weighted by Crippen LogP contribution is -2.07. The monoisotopic (exact) mass is 251 g/mol. The third kappa shape index (κ3) is 2.79. The normalized spacial score (nSPS) is 10.8. The molecule has 0 aliphatic heterocycles. The van der Waals surface area contributed by atoms with Crippen LogP contribution in [0.4, 0.5) is 8.78 Å². The highest BCUT2D eigenvalue weighted by molar-refractivity contribution is 6.17. The van der Waals surface area contributed by atoms with Crippen molar-refractivity contribution in [2.45, 2.75) is 18.7 Å². The first-order valence-corrected chi connectivity index (χ1v) is 4.76. The quantitative estimate of drug-likeness (QED) is 0.804. The van der Waals surface area contributed by atoms with Gasteiger partial charge in [-0.3, -0.25) is 4.79 Å². The molecule has 7 heteroatoms. The van der Waals surface area contributed by atoms with E-state index in [0.717, 1.165) is 6.07 Å². The molecule has 1 rings (SSSR count). The van der Waals surface area contributed by atoms with Gasteiger partial charge >= 0.3 is 5.97 Å². The van der Waals surface area contributed by atoms with Gasteiger partial charge < -0.3 is 10.2 Å². The van der Waals surface area contributed by atoms with Gasteiger partial charge in [-0.05, 0) is 11.6 Å². The topological polar surface area (TPSA) is 70.4 Å². The van der Waals surface area contributed by atoms with Crippen molar-refractivity contribution in [3.05, 3.63) is 23.0 Å². The molecular formula is C9H8ClF2NO3. The zero-order chi connectivity index (χ0) is 12.3. The number of hydrogen-bond acceptors (Lipinski definition) is 3. The first-order valence-electron chi connectivity index (χ1n) is 4.23. The second-order valence-corrected chi connectivity index (χ2v) is 3.27. The highest BCUT2D eigenvalue weighted by atomic mass is 35.5. The molecule has 4 nitrogen and oxygen atoms in total. The number of carboxylic acid groups (broad SMARTS) is 1. The molecule has 0 aliphatic rings. The summed E-state index contributed by atoms with van der Waals surface area (Å²) in [6.45, 7) is 0. The lowest BCUT2D eigenvalue weighted by atomic mass is 10.1. The fourth-order valence-corrected chi connectivity index (χ4v) is 1.39. The summed E-state index contributed by atoms with van der Waals surface area (Å²) in [7, 11) is 0. The van der Waals surface area contributed by atoms with Crippen molar-refractivity contribution in [1.82, 2.24) is 4.98 Å². The molecule has 1 aromatic heterocycles. The molecule has 0 unspecified atom stereocenters. The molecule has 0 aliphatic carbocycles. The Morgan fingerprint density at radius 3 is 2.62 bits per heavy atom. The summed E-state index contributed by atoms with van der Waals surface area (Å²) in [5.41, 5.74) is -0.962. The van der Waals surface area contributed by atoms with E-state index in [9.17, 15) is 18.7 Å². The molecule has 1 aromatic rings. The Hall–Kier alpha value is -1.43. The van der Waals surface area contributed by atoms with E-state index in [-0.39, 0.29) is 22.9 Å². The van der Waals surface area contributed by atoms with E-state index in [4.69, 9.17) is 16.7 Å². The van der Waals surface area contributed by atoms with Crippen LogP contribution in [0.25, 0.3) is 0 Å². The maximum Gasteiger partial charge on any atom is 0.307 e. The summed E-state index contributed by atoms with van der Waals surface area (Å²) >= 11 is 5.38. The van der Waals surface area contributed by atoms with E-state index in [1.54, 1.807) is 0 Å². The number of nitrogens with zero attached hydrogens (tertiary/aromatic N) is 1. The van der Waals surface area contributed by atoms with Crippen molar-refractivity contribution < 1.29 is 23.8 Å². The van der Waals surface area contributed by atoms with Crippen LogP contribution in [0.2, 0.25) is 0 Å². The number of rotatable bonds is 4. The molecule has 88 valence electrons. The molecule has 0 saturated carbocycles. The molecule has 0 saturated heterocycles. The summed E-state index contributed by atoms with van der Waals surface area (Å²) in [6.07, 6.45) is -3.53. The molecule has 0 fully saturated rings. The van der Waals surface area contributed by atoms with Gasteiger partial charge in [0.1, 0.15) is 11.4 Å². The van der Waals surface area contributed by atoms with Gasteiger partial charge in [-0.2, -0.15) is 0 Å². The van der Waals surface area contributed by atoms with E-state index in [1.165, 1.54) is 0 Å². The smallest absolute Gasteiger partial charge is 0.307 e. The summed E-state index contributed by atoms with van der Waals surface area (Å²) in [6, 6.07) is 0.959. The Labute approximate surface area is 94.5 Å². The molecule has 0 radical (unpaired) electrons. The van der Waals surface area contributed by atoms with E-state index >= 15 is 0 Å². The van der Waals surface area contributed by atoms with Crippen LogP contribution in [-0.4, -0.2) is 21.2 Å². The largest absolute Gasteiger partial charge is 0.506 e. The Balaban J connectivity index is 3.24. The number of halogens is 3. The van der Waals surface area contributed by atoms with E-state index < -0.39 is 24.5 Å². The number of carbonyl (C=O) groups is 1. The van der Waals surface area contributed by atoms with Gasteiger partial charge in [0.15, 0.2) is 0 Å². The van der Waals surface area contributed by atoms with Gasteiger partial charge in [-0.1, -0.05) is 0 Å². The molecule has 16 heavy (non-hydrogen) atoms. The first-order chi connectivity index (χ1) is 7.45. The van der Waals surface area contributed by atoms with Gasteiger partial charge in [0.2, 0.25) is 0 Å². The van der Waals surface area contributed by atoms with Crippen molar-refractivity contribution in [3.63, 3.8) is 0 Å². The van der Waals surface area contributed by atoms with Crippen LogP contribution in [-0.2, 0) is 17.1 Å². The Bertz CT molecular complexity index is 412. The van der Waals surface area contributed by atoms with Crippen LogP contribution in [0.1, 0.15) is 23.4 Å². The molecular weight excluding hydrogens is 244 g/mol. The second kappa shape index (κ2) is 5.07. The first kappa shape index (κ1) is 12.6. The van der Waals surface area contributed by atoms with Gasteiger partial charge in [0.25, 0.3) is 6.43 Å². The summed E-state index contributed by atoms with van der Waals surface area (Å²) in [5, 5.41) is 17.8. The highest BCUT2D eigenvalue weighted by Gasteiger charge is 2.19. The van der Waals surface area contributed by atoms with Crippen molar-refractivity contribution in [3.8, 4) is 5.75 Å². The van der Waals surface area contributed by atoms with Gasteiger partial charge in [0.05, 0.1) is 18.0 Å². The molecule has 0 aromatic carbocycles. The Morgan fingerprint density at radius 2 is 2.19 bits per heavy atom.